The fourth-order valence-corrected chi connectivity index (χ4v) is 15.2. The van der Waals surface area contributed by atoms with E-state index in [4.69, 9.17) is 43.6 Å². The topological polar surface area (TPSA) is 499 Å². The lowest BCUT2D eigenvalue weighted by molar-refractivity contribution is -0.143. The maximum atomic E-state index is 15.4. The molecule has 2 aromatic heterocycles. The highest BCUT2D eigenvalue weighted by Gasteiger charge is 2.45. The third-order valence-electron chi connectivity index (χ3n) is 19.2. The Morgan fingerprint density at radius 2 is 1.38 bits per heavy atom. The Morgan fingerprint density at radius 3 is 2.00 bits per heavy atom. The van der Waals surface area contributed by atoms with Gasteiger partial charge in [0, 0.05) is 79.1 Å². The molecule has 1 unspecified atom stereocenters. The lowest BCUT2D eigenvalue weighted by Gasteiger charge is -2.32. The Morgan fingerprint density at radius 1 is 0.757 bits per heavy atom. The van der Waals surface area contributed by atoms with Gasteiger partial charge in [-0.25, -0.2) is 9.48 Å². The Bertz CT molecular complexity index is 3680. The van der Waals surface area contributed by atoms with Crippen LogP contribution in [0.2, 0.25) is 0 Å². The number of imide groups is 1. The van der Waals surface area contributed by atoms with Gasteiger partial charge in [0.2, 0.25) is 41.4 Å². The minimum Gasteiger partial charge on any atom is -0.496 e. The Labute approximate surface area is 650 Å². The predicted molar refractivity (Wildman–Crippen MR) is 400 cm³/mol. The molecule has 0 radical (unpaired) electrons. The maximum absolute atomic E-state index is 15.4. The molecule has 2 bridgehead atoms. The van der Waals surface area contributed by atoms with Crippen LogP contribution in [0.15, 0.2) is 35.5 Å². The number of thioether (sulfide) groups is 1. The molecular weight excluding hydrogens is 1490 g/mol. The normalized spacial score (nSPS) is 22.2. The number of aliphatic hydroxyl groups is 2. The molecule has 0 saturated carbocycles. The molecule has 111 heavy (non-hydrogen) atoms. The van der Waals surface area contributed by atoms with Gasteiger partial charge < -0.3 is 101 Å². The quantitative estimate of drug-likeness (QED) is 0.0216. The van der Waals surface area contributed by atoms with Gasteiger partial charge in [-0.3, -0.25) is 61.8 Å². The van der Waals surface area contributed by atoms with Crippen LogP contribution in [0.1, 0.15) is 89.5 Å². The fraction of sp³-hybridized carbons (Fsp3) is 0.667. The molecule has 12 N–H and O–H groups in total. The highest BCUT2D eigenvalue weighted by atomic mass is 32.2. The standard InChI is InChI=1S/C72H108N14O23S2/c1-6-45(3)51-34-49(88)36-76-66(95)47-32-52-50-9-10-59(102-5)53(42-110-30-8-7-13-74-72(100)75-14-16-103-18-20-105-22-24-107-26-28-109-29-27-108-25-23-106-21-19-104-17-15-84-39-48(82-83-84)40-86-62(93)11-12-63(86)94)65(50)81-70(52)111(101)43-55(78-61(92)37-77-67(51)96)68(97)79-54(35-60(73)91)71(99)85-38-44(2)31-56(85)69(98)80-64(57(89)33-47)46(4)58(90)41-87/h9-12,39,44-47,51,54-56,58,64,81,87,90H,6-8,13-38,40-43H2,1-5H3,(H2,73,91)(H,76,95)(H,77,96)(H,78,92)(H,79,97)(H,80,98)(H2,74,75,100)/t44-,45+,46+,47-,51+,54+,55+,56+,58+,64+,111?/m1/s1. The van der Waals surface area contributed by atoms with Crippen LogP contribution in [-0.2, 0) is 122 Å². The Hall–Kier alpha value is -8.38. The van der Waals surface area contributed by atoms with Crippen molar-refractivity contribution in [3.8, 4) is 5.75 Å². The number of amides is 11. The first-order valence-electron chi connectivity index (χ1n) is 37.4. The number of H-pyrrole nitrogens is 1. The van der Waals surface area contributed by atoms with Crippen molar-refractivity contribution >= 4 is 104 Å². The summed E-state index contributed by atoms with van der Waals surface area (Å²) in [5.74, 6) is -12.4. The number of Topliss-reactive ketones (excluding diaryl/α,β-unsaturated/α-hetero) is 2. The number of aromatic nitrogens is 4. The molecular formula is C72H108N14O23S2. The average molecular weight is 1600 g/mol. The summed E-state index contributed by atoms with van der Waals surface area (Å²) < 4.78 is 61.7. The highest BCUT2D eigenvalue weighted by molar-refractivity contribution is 7.98. The second-order valence-electron chi connectivity index (χ2n) is 27.4. The number of carbonyl (C=O) groups excluding carboxylic acids is 12. The number of nitrogens with zero attached hydrogens (tertiary/aromatic N) is 5. The monoisotopic (exact) mass is 1600 g/mol. The smallest absolute Gasteiger partial charge is 0.314 e. The number of ketones is 2. The first-order chi connectivity index (χ1) is 53.4. The first-order valence-corrected chi connectivity index (χ1v) is 39.9. The molecule has 11 amide bonds. The molecule has 4 aliphatic rings. The summed E-state index contributed by atoms with van der Waals surface area (Å²) in [6.07, 6.45) is 1.98. The van der Waals surface area contributed by atoms with Gasteiger partial charge in [-0.1, -0.05) is 39.3 Å². The lowest BCUT2D eigenvalue weighted by Crippen LogP contribution is -2.60. The molecule has 6 heterocycles. The van der Waals surface area contributed by atoms with Gasteiger partial charge in [0.05, 0.1) is 179 Å². The average Bonchev–Trinajstić information content (AvgIpc) is 1.62. The molecule has 0 spiro atoms. The number of primary amides is 1. The van der Waals surface area contributed by atoms with Crippen molar-refractivity contribution < 1.29 is 110 Å². The minimum absolute atomic E-state index is 0.0348. The van der Waals surface area contributed by atoms with Gasteiger partial charge in [-0.15, -0.1) is 5.10 Å². The van der Waals surface area contributed by atoms with E-state index in [0.717, 1.165) is 9.80 Å². The SMILES string of the molecule is CC[C@H](C)[C@@H]1CC(=O)CNC(=O)[C@H]2CC(=O)[C@H]([C@@H](C)[C@@H](O)CO)NC(=O)[C@@H]3C[C@@H](C)CN3C(=O)[C@H](CC(N)=O)NC(=O)[C@H](CS(=O)c3[nH]c4c(CSCCCCNC(=O)NCCOCCOCCOCCOCCOCCOCCOCCn5cc(CN6C(=O)C=CC6=O)nn5)c(OC)ccc4c3C2)NC(=O)CNC1=O. The first kappa shape index (κ1) is 89.8. The zero-order valence-corrected chi connectivity index (χ0v) is 65.2. The number of unbranched alkanes of at least 4 members (excludes halogenated alkanes) is 1. The molecule has 11 atom stereocenters. The van der Waals surface area contributed by atoms with Gasteiger partial charge in [-0.05, 0) is 61.0 Å². The summed E-state index contributed by atoms with van der Waals surface area (Å²) in [6.45, 7) is 10.7. The largest absolute Gasteiger partial charge is 0.496 e. The van der Waals surface area contributed by atoms with Crippen molar-refractivity contribution in [3.05, 3.63) is 47.3 Å². The van der Waals surface area contributed by atoms with Crippen LogP contribution in [0.5, 0.6) is 5.75 Å². The number of ether oxygens (including phenoxy) is 8. The van der Waals surface area contributed by atoms with Crippen molar-refractivity contribution in [2.75, 3.05) is 150 Å². The van der Waals surface area contributed by atoms with E-state index in [9.17, 15) is 63.0 Å². The third-order valence-corrected chi connectivity index (χ3v) is 21.7. The van der Waals surface area contributed by atoms with Crippen molar-refractivity contribution in [3.63, 3.8) is 0 Å². The van der Waals surface area contributed by atoms with Crippen molar-refractivity contribution in [2.45, 2.75) is 133 Å². The molecule has 37 nitrogen and oxygen atoms in total. The molecule has 1 fully saturated rings. The number of fused-ring (bicyclic) bond motifs is 5. The van der Waals surface area contributed by atoms with Crippen molar-refractivity contribution in [2.24, 2.45) is 35.3 Å². The summed E-state index contributed by atoms with van der Waals surface area (Å²) >= 11 is 1.51. The number of carbonyl (C=O) groups is 12. The lowest BCUT2D eigenvalue weighted by atomic mass is 9.85. The maximum Gasteiger partial charge on any atom is 0.314 e. The zero-order valence-electron chi connectivity index (χ0n) is 63.6. The van der Waals surface area contributed by atoms with E-state index in [2.05, 4.69) is 52.5 Å². The number of nitrogens with two attached hydrogens (primary N) is 1. The van der Waals surface area contributed by atoms with E-state index in [1.165, 1.54) is 37.9 Å². The number of nitrogens with one attached hydrogen (secondary N) is 8. The van der Waals surface area contributed by atoms with E-state index in [1.807, 2.05) is 0 Å². The minimum atomic E-state index is -2.39. The molecule has 7 rings (SSSR count). The molecule has 39 heteroatoms. The number of aromatic amines is 1. The van der Waals surface area contributed by atoms with Crippen LogP contribution >= 0.6 is 11.8 Å². The second kappa shape index (κ2) is 47.2. The zero-order chi connectivity index (χ0) is 80.4. The van der Waals surface area contributed by atoms with E-state index >= 15 is 9.00 Å². The summed E-state index contributed by atoms with van der Waals surface area (Å²) in [5.41, 5.74) is 7.35. The number of aliphatic hydroxyl groups excluding tert-OH is 2. The third kappa shape index (κ3) is 28.6. The molecule has 0 aliphatic carbocycles. The van der Waals surface area contributed by atoms with Crippen LogP contribution in [-0.4, -0.2) is 296 Å². The number of rotatable bonds is 41. The number of hydrogen-bond donors (Lipinski definition) is 11. The van der Waals surface area contributed by atoms with Gasteiger partial charge >= 0.3 is 6.03 Å². The summed E-state index contributed by atoms with van der Waals surface area (Å²) in [5, 5.41) is 48.1. The van der Waals surface area contributed by atoms with Gasteiger partial charge in [0.1, 0.15) is 34.6 Å². The molecule has 3 aromatic rings. The molecule has 1 aromatic carbocycles. The highest BCUT2D eigenvalue weighted by Crippen LogP contribution is 2.38. The van der Waals surface area contributed by atoms with E-state index < -0.39 is 156 Å². The van der Waals surface area contributed by atoms with Crippen LogP contribution in [0.4, 0.5) is 4.79 Å². The van der Waals surface area contributed by atoms with E-state index in [0.29, 0.717) is 152 Å². The van der Waals surface area contributed by atoms with Gasteiger partial charge in [0.25, 0.3) is 11.8 Å². The van der Waals surface area contributed by atoms with Gasteiger partial charge in [0.15, 0.2) is 11.6 Å². The van der Waals surface area contributed by atoms with E-state index in [-0.39, 0.29) is 85.6 Å². The Balaban J connectivity index is 0.878. The van der Waals surface area contributed by atoms with Crippen LogP contribution in [0.25, 0.3) is 10.9 Å². The summed E-state index contributed by atoms with van der Waals surface area (Å²) in [7, 11) is -0.930. The number of urea groups is 1. The van der Waals surface area contributed by atoms with E-state index in [1.54, 1.807) is 43.8 Å². The second-order valence-corrected chi connectivity index (χ2v) is 30.0. The molecule has 4 aliphatic heterocycles. The van der Waals surface area contributed by atoms with Crippen molar-refractivity contribution in [1.29, 1.82) is 0 Å². The van der Waals surface area contributed by atoms with Crippen molar-refractivity contribution in [1.82, 2.24) is 67.0 Å². The van der Waals surface area contributed by atoms with Crippen LogP contribution in [0, 0.1) is 29.6 Å². The fourth-order valence-electron chi connectivity index (χ4n) is 12.8. The molecule has 616 valence electrons. The molecule has 1 saturated heterocycles. The predicted octanol–water partition coefficient (Wildman–Crippen LogP) is -2.02. The summed E-state index contributed by atoms with van der Waals surface area (Å²) in [4.78, 5) is 170. The van der Waals surface area contributed by atoms with Crippen LogP contribution in [0.3, 0.4) is 0 Å². The number of benzene rings is 1. The number of hydrogen-bond acceptors (Lipinski definition) is 26. The Kier molecular flexibility index (Phi) is 38.2. The summed E-state index contributed by atoms with van der Waals surface area (Å²) in [6, 6.07) is -3.54. The number of methoxy groups -OCH3 is 1. The van der Waals surface area contributed by atoms with Gasteiger partial charge in [-0.2, -0.15) is 11.8 Å². The van der Waals surface area contributed by atoms with Crippen LogP contribution < -0.4 is 47.7 Å².